The minimum Gasteiger partial charge on any atom is -0.265 e. The average molecular weight is 253 g/mol. The lowest BCUT2D eigenvalue weighted by atomic mass is 9.80. The molecule has 0 bridgehead atoms. The molecule has 0 aliphatic heterocycles. The largest absolute Gasteiger partial charge is 0.389 e. The molecule has 0 aliphatic rings. The molecule has 0 saturated carbocycles. The van der Waals surface area contributed by atoms with Crippen molar-refractivity contribution < 1.29 is 13.2 Å². The molecule has 1 heterocycles. The maximum Gasteiger partial charge on any atom is 0.389 e. The van der Waals surface area contributed by atoms with Gasteiger partial charge in [0.25, 0.3) is 0 Å². The Morgan fingerprint density at radius 1 is 1.06 bits per heavy atom. The zero-order valence-corrected chi connectivity index (χ0v) is 9.41. The Morgan fingerprint density at radius 3 is 2.06 bits per heavy atom. The van der Waals surface area contributed by atoms with Gasteiger partial charge in [0, 0.05) is 25.2 Å². The van der Waals surface area contributed by atoms with E-state index < -0.39 is 24.4 Å². The molecule has 1 aromatic rings. The van der Waals surface area contributed by atoms with Gasteiger partial charge in [-0.1, -0.05) is 0 Å². The maximum absolute atomic E-state index is 12.2. The highest BCUT2D eigenvalue weighted by Crippen LogP contribution is 2.32. The first-order chi connectivity index (χ1) is 8.41. The van der Waals surface area contributed by atoms with E-state index in [1.807, 2.05) is 0 Å². The van der Waals surface area contributed by atoms with E-state index in [0.717, 1.165) is 0 Å². The first kappa shape index (κ1) is 14.0. The van der Waals surface area contributed by atoms with E-state index in [-0.39, 0.29) is 6.42 Å². The van der Waals surface area contributed by atoms with Gasteiger partial charge in [-0.2, -0.15) is 23.7 Å². The zero-order valence-electron chi connectivity index (χ0n) is 9.41. The molecule has 0 saturated heterocycles. The molecule has 3 nitrogen and oxygen atoms in total. The van der Waals surface area contributed by atoms with Crippen LogP contribution in [0.4, 0.5) is 13.2 Å². The van der Waals surface area contributed by atoms with Gasteiger partial charge in [-0.05, 0) is 24.1 Å². The summed E-state index contributed by atoms with van der Waals surface area (Å²) in [6, 6.07) is 6.57. The first-order valence-electron chi connectivity index (χ1n) is 5.19. The van der Waals surface area contributed by atoms with Crippen LogP contribution in [-0.4, -0.2) is 11.2 Å². The van der Waals surface area contributed by atoms with Crippen LogP contribution in [0.25, 0.3) is 0 Å². The highest BCUT2D eigenvalue weighted by molar-refractivity contribution is 5.22. The maximum atomic E-state index is 12.2. The number of nitrogens with zero attached hydrogens (tertiary/aromatic N) is 3. The lowest BCUT2D eigenvalue weighted by Gasteiger charge is -2.19. The molecule has 0 atom stereocenters. The molecule has 0 spiro atoms. The van der Waals surface area contributed by atoms with Gasteiger partial charge in [0.15, 0.2) is 0 Å². The zero-order chi connectivity index (χ0) is 13.6. The van der Waals surface area contributed by atoms with E-state index in [1.165, 1.54) is 12.4 Å². The fourth-order valence-electron chi connectivity index (χ4n) is 1.51. The van der Waals surface area contributed by atoms with Gasteiger partial charge < -0.3 is 0 Å². The third kappa shape index (κ3) is 4.06. The highest BCUT2D eigenvalue weighted by atomic mass is 19.4. The molecule has 0 fully saturated rings. The van der Waals surface area contributed by atoms with Gasteiger partial charge in [-0.3, -0.25) is 4.98 Å². The minimum atomic E-state index is -4.36. The fourth-order valence-corrected chi connectivity index (χ4v) is 1.51. The second-order valence-corrected chi connectivity index (χ2v) is 3.95. The third-order valence-electron chi connectivity index (χ3n) is 2.52. The smallest absolute Gasteiger partial charge is 0.265 e. The van der Waals surface area contributed by atoms with Gasteiger partial charge in [-0.15, -0.1) is 0 Å². The lowest BCUT2D eigenvalue weighted by Crippen LogP contribution is -2.23. The summed E-state index contributed by atoms with van der Waals surface area (Å²) in [6.45, 7) is 0. The molecule has 0 aliphatic carbocycles. The number of alkyl halides is 3. The van der Waals surface area contributed by atoms with Gasteiger partial charge in [0.2, 0.25) is 0 Å². The summed E-state index contributed by atoms with van der Waals surface area (Å²) in [6.07, 6.45) is -3.11. The Labute approximate surface area is 102 Å². The van der Waals surface area contributed by atoms with E-state index in [1.54, 1.807) is 24.3 Å². The Kier molecular flexibility index (Phi) is 4.28. The third-order valence-corrected chi connectivity index (χ3v) is 2.52. The second-order valence-electron chi connectivity index (χ2n) is 3.95. The van der Waals surface area contributed by atoms with Crippen LogP contribution in [0, 0.1) is 28.1 Å². The predicted molar refractivity (Wildman–Crippen MR) is 56.9 cm³/mol. The lowest BCUT2D eigenvalue weighted by molar-refractivity contribution is -0.138. The summed E-state index contributed by atoms with van der Waals surface area (Å²) in [5.41, 5.74) is -1.02. The average Bonchev–Trinajstić information content (AvgIpc) is 2.35. The van der Waals surface area contributed by atoms with Crippen molar-refractivity contribution in [1.29, 1.82) is 10.5 Å². The molecule has 0 unspecified atom stereocenters. The molecule has 0 aromatic carbocycles. The topological polar surface area (TPSA) is 60.5 Å². The van der Waals surface area contributed by atoms with Gasteiger partial charge in [0.05, 0.1) is 12.1 Å². The summed E-state index contributed by atoms with van der Waals surface area (Å²) in [7, 11) is 0. The second kappa shape index (κ2) is 5.50. The van der Waals surface area contributed by atoms with Crippen molar-refractivity contribution in [2.45, 2.75) is 25.4 Å². The van der Waals surface area contributed by atoms with Gasteiger partial charge in [0.1, 0.15) is 5.41 Å². The van der Waals surface area contributed by atoms with Crippen LogP contribution in [0.15, 0.2) is 24.5 Å². The molecule has 1 rings (SSSR count). The molecular formula is C12H10F3N3. The van der Waals surface area contributed by atoms with Crippen LogP contribution in [0.1, 0.15) is 18.4 Å². The van der Waals surface area contributed by atoms with Gasteiger partial charge >= 0.3 is 6.18 Å². The van der Waals surface area contributed by atoms with Crippen molar-refractivity contribution in [3.05, 3.63) is 30.1 Å². The number of halogens is 3. The quantitative estimate of drug-likeness (QED) is 0.828. The highest BCUT2D eigenvalue weighted by Gasteiger charge is 2.37. The monoisotopic (exact) mass is 253 g/mol. The fraction of sp³-hybridized carbons (Fsp3) is 0.417. The number of rotatable bonds is 4. The number of aromatic nitrogens is 1. The molecule has 0 N–H and O–H groups in total. The Balaban J connectivity index is 2.83. The van der Waals surface area contributed by atoms with Gasteiger partial charge in [-0.25, -0.2) is 0 Å². The van der Waals surface area contributed by atoms with Crippen LogP contribution in [0.3, 0.4) is 0 Å². The standard InChI is InChI=1S/C12H10F3N3/c13-12(14,15)4-3-11(8-16,9-17)7-10-1-5-18-6-2-10/h1-2,5-6H,3-4,7H2. The SMILES string of the molecule is N#CC(C#N)(CCC(F)(F)F)Cc1ccncc1. The van der Waals surface area contributed by atoms with Crippen molar-refractivity contribution >= 4 is 0 Å². The number of hydrogen-bond acceptors (Lipinski definition) is 3. The predicted octanol–water partition coefficient (Wildman–Crippen LogP) is 3.00. The molecule has 0 radical (unpaired) electrons. The van der Waals surface area contributed by atoms with Crippen LogP contribution in [-0.2, 0) is 6.42 Å². The van der Waals surface area contributed by atoms with E-state index >= 15 is 0 Å². The normalized spacial score (nSPS) is 11.6. The van der Waals surface area contributed by atoms with E-state index in [9.17, 15) is 13.2 Å². The van der Waals surface area contributed by atoms with Crippen molar-refractivity contribution in [1.82, 2.24) is 4.98 Å². The van der Waals surface area contributed by atoms with Crippen molar-refractivity contribution in [2.75, 3.05) is 0 Å². The molecule has 18 heavy (non-hydrogen) atoms. The van der Waals surface area contributed by atoms with Crippen LogP contribution in [0.5, 0.6) is 0 Å². The molecular weight excluding hydrogens is 243 g/mol. The minimum absolute atomic E-state index is 0.0292. The number of pyridine rings is 1. The molecule has 6 heteroatoms. The summed E-state index contributed by atoms with van der Waals surface area (Å²) in [5.74, 6) is 0. The summed E-state index contributed by atoms with van der Waals surface area (Å²) < 4.78 is 36.5. The van der Waals surface area contributed by atoms with Crippen LogP contribution < -0.4 is 0 Å². The van der Waals surface area contributed by atoms with E-state index in [2.05, 4.69) is 4.98 Å². The van der Waals surface area contributed by atoms with Crippen LogP contribution >= 0.6 is 0 Å². The van der Waals surface area contributed by atoms with Crippen molar-refractivity contribution in [2.24, 2.45) is 5.41 Å². The molecule has 94 valence electrons. The molecule has 0 amide bonds. The Hall–Kier alpha value is -2.08. The summed E-state index contributed by atoms with van der Waals surface area (Å²) in [4.78, 5) is 3.77. The van der Waals surface area contributed by atoms with E-state index in [4.69, 9.17) is 10.5 Å². The molecule has 1 aromatic heterocycles. The number of nitriles is 2. The van der Waals surface area contributed by atoms with Crippen LogP contribution in [0.2, 0.25) is 0 Å². The first-order valence-corrected chi connectivity index (χ1v) is 5.19. The Morgan fingerprint density at radius 2 is 1.61 bits per heavy atom. The Bertz CT molecular complexity index is 454. The van der Waals surface area contributed by atoms with Crippen molar-refractivity contribution in [3.63, 3.8) is 0 Å². The number of hydrogen-bond donors (Lipinski definition) is 0. The van der Waals surface area contributed by atoms with Crippen molar-refractivity contribution in [3.8, 4) is 12.1 Å². The van der Waals surface area contributed by atoms with E-state index in [0.29, 0.717) is 5.56 Å². The summed E-state index contributed by atoms with van der Waals surface area (Å²) in [5, 5.41) is 18.0. The summed E-state index contributed by atoms with van der Waals surface area (Å²) >= 11 is 0.